The molecule has 6 nitrogen and oxygen atoms in total. The second-order valence-corrected chi connectivity index (χ2v) is 6.05. The molecular formula is C17H20N2O4. The highest BCUT2D eigenvalue weighted by Crippen LogP contribution is 2.21. The Morgan fingerprint density at radius 1 is 1.22 bits per heavy atom. The molecule has 122 valence electrons. The highest BCUT2D eigenvalue weighted by molar-refractivity contribution is 6.04. The van der Waals surface area contributed by atoms with Crippen molar-refractivity contribution < 1.29 is 19.1 Å². The second-order valence-electron chi connectivity index (χ2n) is 6.05. The average molecular weight is 316 g/mol. The lowest BCUT2D eigenvalue weighted by molar-refractivity contribution is -0.145. The van der Waals surface area contributed by atoms with E-state index in [9.17, 15) is 14.4 Å². The number of rotatable bonds is 4. The van der Waals surface area contributed by atoms with E-state index < -0.39 is 0 Å². The number of likely N-dealkylation sites (N-methyl/N-ethyl adjacent to an activating group) is 1. The van der Waals surface area contributed by atoms with E-state index >= 15 is 0 Å². The fourth-order valence-corrected chi connectivity index (χ4v) is 2.99. The molecule has 1 aromatic carbocycles. The molecule has 0 spiro atoms. The first-order valence-electron chi connectivity index (χ1n) is 7.80. The maximum absolute atomic E-state index is 12.2. The number of carbonyl (C=O) groups excluding carboxylic acids is 3. The fraction of sp³-hybridized carbons (Fsp3) is 0.471. The summed E-state index contributed by atoms with van der Waals surface area (Å²) in [5.74, 6) is -0.768. The molecule has 0 aromatic heterocycles. The van der Waals surface area contributed by atoms with Crippen LogP contribution in [0.5, 0.6) is 0 Å². The molecule has 1 saturated heterocycles. The number of nitrogens with zero attached hydrogens (tertiary/aromatic N) is 2. The van der Waals surface area contributed by atoms with E-state index in [1.165, 1.54) is 16.0 Å². The molecule has 0 saturated carbocycles. The van der Waals surface area contributed by atoms with Gasteiger partial charge in [0, 0.05) is 32.9 Å². The molecule has 2 aliphatic heterocycles. The summed E-state index contributed by atoms with van der Waals surface area (Å²) in [6, 6.07) is 8.11. The van der Waals surface area contributed by atoms with Crippen molar-refractivity contribution in [1.82, 2.24) is 9.80 Å². The van der Waals surface area contributed by atoms with Crippen molar-refractivity contribution in [2.75, 3.05) is 20.1 Å². The molecule has 0 bridgehead atoms. The minimum Gasteiger partial charge on any atom is -0.371 e. The third kappa shape index (κ3) is 3.42. The first-order valence-corrected chi connectivity index (χ1v) is 7.80. The van der Waals surface area contributed by atoms with Crippen LogP contribution in [0, 0.1) is 0 Å². The first kappa shape index (κ1) is 15.7. The van der Waals surface area contributed by atoms with Crippen LogP contribution in [0.15, 0.2) is 24.3 Å². The third-order valence-electron chi connectivity index (χ3n) is 4.39. The molecule has 0 radical (unpaired) electrons. The van der Waals surface area contributed by atoms with Gasteiger partial charge in [0.05, 0.1) is 12.7 Å². The van der Waals surface area contributed by atoms with Crippen LogP contribution >= 0.6 is 0 Å². The molecule has 0 N–H and O–H groups in total. The number of hydrogen-bond donors (Lipinski definition) is 0. The molecule has 1 aromatic rings. The van der Waals surface area contributed by atoms with E-state index in [-0.39, 0.29) is 43.2 Å². The second kappa shape index (κ2) is 6.50. The van der Waals surface area contributed by atoms with E-state index in [0.29, 0.717) is 13.2 Å². The minimum absolute atomic E-state index is 0.0659. The van der Waals surface area contributed by atoms with Crippen molar-refractivity contribution in [3.05, 3.63) is 35.4 Å². The molecule has 1 fully saturated rings. The van der Waals surface area contributed by atoms with E-state index in [1.54, 1.807) is 7.05 Å². The molecule has 23 heavy (non-hydrogen) atoms. The molecule has 6 heteroatoms. The third-order valence-corrected chi connectivity index (χ3v) is 4.39. The Labute approximate surface area is 135 Å². The van der Waals surface area contributed by atoms with Gasteiger partial charge in [-0.2, -0.15) is 0 Å². The topological polar surface area (TPSA) is 66.9 Å². The summed E-state index contributed by atoms with van der Waals surface area (Å²) in [5, 5.41) is 0. The van der Waals surface area contributed by atoms with Crippen LogP contribution < -0.4 is 0 Å². The van der Waals surface area contributed by atoms with Crippen molar-refractivity contribution in [1.29, 1.82) is 0 Å². The van der Waals surface area contributed by atoms with Crippen molar-refractivity contribution in [2.24, 2.45) is 0 Å². The Kier molecular flexibility index (Phi) is 4.43. The molecule has 2 aliphatic rings. The zero-order chi connectivity index (χ0) is 16.4. The molecule has 1 unspecified atom stereocenters. The van der Waals surface area contributed by atoms with Gasteiger partial charge >= 0.3 is 0 Å². The minimum atomic E-state index is -0.264. The summed E-state index contributed by atoms with van der Waals surface area (Å²) in [6.07, 6.45) is 1.11. The van der Waals surface area contributed by atoms with Gasteiger partial charge in [-0.3, -0.25) is 19.3 Å². The van der Waals surface area contributed by atoms with Gasteiger partial charge in [-0.05, 0) is 11.1 Å². The molecule has 3 amide bonds. The van der Waals surface area contributed by atoms with Crippen LogP contribution in [0.2, 0.25) is 0 Å². The zero-order valence-corrected chi connectivity index (χ0v) is 13.2. The molecule has 1 atom stereocenters. The number of carbonyl (C=O) groups is 3. The van der Waals surface area contributed by atoms with Crippen molar-refractivity contribution in [2.45, 2.75) is 32.0 Å². The number of imide groups is 1. The maximum Gasteiger partial charge on any atom is 0.242 e. The standard InChI is InChI=1S/C17H20N2O4/c1-18(17(22)10-19-15(20)6-7-16(19)21)9-14-8-12-4-2-3-5-13(12)11-23-14/h2-5,14H,6-11H2,1H3. The summed E-state index contributed by atoms with van der Waals surface area (Å²) in [6.45, 7) is 0.826. The zero-order valence-electron chi connectivity index (χ0n) is 13.2. The summed E-state index contributed by atoms with van der Waals surface area (Å²) in [7, 11) is 1.68. The van der Waals surface area contributed by atoms with E-state index in [4.69, 9.17) is 4.74 Å². The van der Waals surface area contributed by atoms with E-state index in [0.717, 1.165) is 11.3 Å². The van der Waals surface area contributed by atoms with E-state index in [2.05, 4.69) is 6.07 Å². The largest absolute Gasteiger partial charge is 0.371 e. The Bertz CT molecular complexity index is 627. The van der Waals surface area contributed by atoms with Gasteiger partial charge < -0.3 is 9.64 Å². The predicted octanol–water partition coefficient (Wildman–Crippen LogP) is 0.735. The lowest BCUT2D eigenvalue weighted by Gasteiger charge is -2.29. The van der Waals surface area contributed by atoms with Gasteiger partial charge in [-0.25, -0.2) is 0 Å². The fourth-order valence-electron chi connectivity index (χ4n) is 2.99. The Morgan fingerprint density at radius 2 is 1.87 bits per heavy atom. The molecule has 0 aliphatic carbocycles. The Balaban J connectivity index is 1.55. The SMILES string of the molecule is CN(CC1Cc2ccccc2CO1)C(=O)CN1C(=O)CCC1=O. The average Bonchev–Trinajstić information content (AvgIpc) is 2.86. The van der Waals surface area contributed by atoms with Crippen molar-refractivity contribution >= 4 is 17.7 Å². The van der Waals surface area contributed by atoms with Crippen LogP contribution in [-0.2, 0) is 32.1 Å². The number of amides is 3. The smallest absolute Gasteiger partial charge is 0.242 e. The van der Waals surface area contributed by atoms with Gasteiger partial charge in [-0.15, -0.1) is 0 Å². The highest BCUT2D eigenvalue weighted by Gasteiger charge is 2.31. The maximum atomic E-state index is 12.2. The number of hydrogen-bond acceptors (Lipinski definition) is 4. The molecular weight excluding hydrogens is 296 g/mol. The van der Waals surface area contributed by atoms with Gasteiger partial charge in [0.25, 0.3) is 0 Å². The van der Waals surface area contributed by atoms with Gasteiger partial charge in [0.1, 0.15) is 6.54 Å². The number of ether oxygens (including phenoxy) is 1. The quantitative estimate of drug-likeness (QED) is 0.768. The van der Waals surface area contributed by atoms with Crippen LogP contribution in [0.1, 0.15) is 24.0 Å². The van der Waals surface area contributed by atoms with Gasteiger partial charge in [-0.1, -0.05) is 24.3 Å². The van der Waals surface area contributed by atoms with Crippen LogP contribution in [-0.4, -0.2) is 53.8 Å². The molecule has 2 heterocycles. The van der Waals surface area contributed by atoms with Gasteiger partial charge in [0.15, 0.2) is 0 Å². The summed E-state index contributed by atoms with van der Waals surface area (Å²) < 4.78 is 5.80. The summed E-state index contributed by atoms with van der Waals surface area (Å²) >= 11 is 0. The van der Waals surface area contributed by atoms with E-state index in [1.807, 2.05) is 18.2 Å². The lowest BCUT2D eigenvalue weighted by Crippen LogP contribution is -2.44. The predicted molar refractivity (Wildman–Crippen MR) is 82.3 cm³/mol. The number of fused-ring (bicyclic) bond motifs is 1. The summed E-state index contributed by atoms with van der Waals surface area (Å²) in [4.78, 5) is 38.0. The lowest BCUT2D eigenvalue weighted by atomic mass is 9.99. The Hall–Kier alpha value is -2.21. The van der Waals surface area contributed by atoms with Crippen molar-refractivity contribution in [3.63, 3.8) is 0 Å². The molecule has 3 rings (SSSR count). The first-order chi connectivity index (χ1) is 11.0. The monoisotopic (exact) mass is 316 g/mol. The normalized spacial score (nSPS) is 20.6. The summed E-state index contributed by atoms with van der Waals surface area (Å²) in [5.41, 5.74) is 2.43. The van der Waals surface area contributed by atoms with Crippen LogP contribution in [0.25, 0.3) is 0 Å². The number of likely N-dealkylation sites (tertiary alicyclic amines) is 1. The van der Waals surface area contributed by atoms with Gasteiger partial charge in [0.2, 0.25) is 17.7 Å². The number of benzene rings is 1. The highest BCUT2D eigenvalue weighted by atomic mass is 16.5. The Morgan fingerprint density at radius 3 is 2.57 bits per heavy atom. The van der Waals surface area contributed by atoms with Crippen LogP contribution in [0.4, 0.5) is 0 Å². The van der Waals surface area contributed by atoms with Crippen molar-refractivity contribution in [3.8, 4) is 0 Å². The van der Waals surface area contributed by atoms with Crippen LogP contribution in [0.3, 0.4) is 0 Å².